The average molecular weight is 373 g/mol. The predicted octanol–water partition coefficient (Wildman–Crippen LogP) is 1.28. The van der Waals surface area contributed by atoms with Gasteiger partial charge in [0, 0.05) is 18.0 Å². The number of carboxylic acid groups (broad SMARTS) is 1. The molecule has 9 heteroatoms. The highest BCUT2D eigenvalue weighted by Crippen LogP contribution is 2.38. The van der Waals surface area contributed by atoms with E-state index in [1.54, 1.807) is 0 Å². The molecule has 0 aromatic carbocycles. The second-order valence-corrected chi connectivity index (χ2v) is 7.38. The molecule has 1 fully saturated rings. The van der Waals surface area contributed by atoms with Crippen LogP contribution in [0.2, 0.25) is 6.32 Å². The SMILES string of the molecule is CC(C)(C)NC[C@@H]1CC[C@@H](CCB(O)O)C[C@]1(N)C(=O)O.Cl.Cl. The van der Waals surface area contributed by atoms with Gasteiger partial charge in [0.25, 0.3) is 0 Å². The fourth-order valence-electron chi connectivity index (χ4n) is 3.05. The summed E-state index contributed by atoms with van der Waals surface area (Å²) in [5.74, 6) is -0.930. The van der Waals surface area contributed by atoms with Crippen LogP contribution in [0, 0.1) is 11.8 Å². The lowest BCUT2D eigenvalue weighted by molar-refractivity contribution is -0.148. The van der Waals surface area contributed by atoms with Crippen molar-refractivity contribution in [3.05, 3.63) is 0 Å². The van der Waals surface area contributed by atoms with Crippen LogP contribution in [0.1, 0.15) is 46.5 Å². The number of nitrogens with two attached hydrogens (primary N) is 1. The molecule has 0 aliphatic heterocycles. The van der Waals surface area contributed by atoms with E-state index in [4.69, 9.17) is 15.8 Å². The van der Waals surface area contributed by atoms with Gasteiger partial charge in [-0.1, -0.05) is 6.42 Å². The summed E-state index contributed by atoms with van der Waals surface area (Å²) in [7, 11) is -1.33. The zero-order chi connectivity index (χ0) is 16.3. The molecule has 1 aliphatic carbocycles. The van der Waals surface area contributed by atoms with Gasteiger partial charge in [0.05, 0.1) is 0 Å². The Morgan fingerprint density at radius 1 is 1.30 bits per heavy atom. The summed E-state index contributed by atoms with van der Waals surface area (Å²) in [6.45, 7) is 6.71. The molecule has 3 atom stereocenters. The Labute approximate surface area is 151 Å². The van der Waals surface area contributed by atoms with E-state index in [0.717, 1.165) is 12.8 Å². The number of hydrogen-bond donors (Lipinski definition) is 5. The van der Waals surface area contributed by atoms with Crippen LogP contribution in [0.5, 0.6) is 0 Å². The quantitative estimate of drug-likeness (QED) is 0.448. The van der Waals surface area contributed by atoms with Gasteiger partial charge in [-0.25, -0.2) is 0 Å². The Hall–Kier alpha value is -0.0451. The van der Waals surface area contributed by atoms with E-state index in [2.05, 4.69) is 5.32 Å². The fourth-order valence-corrected chi connectivity index (χ4v) is 3.05. The molecule has 0 aromatic rings. The minimum Gasteiger partial charge on any atom is -0.480 e. The summed E-state index contributed by atoms with van der Waals surface area (Å²) in [4.78, 5) is 11.6. The van der Waals surface area contributed by atoms with E-state index in [-0.39, 0.29) is 48.5 Å². The van der Waals surface area contributed by atoms with E-state index in [1.807, 2.05) is 20.8 Å². The highest BCUT2D eigenvalue weighted by molar-refractivity contribution is 6.40. The number of carbonyl (C=O) groups is 1. The number of hydrogen-bond acceptors (Lipinski definition) is 5. The number of nitrogens with one attached hydrogen (secondary N) is 1. The first-order chi connectivity index (χ1) is 9.54. The number of halogens is 2. The minimum atomic E-state index is -1.33. The molecule has 1 aliphatic rings. The Kier molecular flexibility index (Phi) is 11.0. The zero-order valence-electron chi connectivity index (χ0n) is 14.1. The smallest absolute Gasteiger partial charge is 0.451 e. The highest BCUT2D eigenvalue weighted by atomic mass is 35.5. The third-order valence-electron chi connectivity index (χ3n) is 4.39. The molecule has 0 bridgehead atoms. The maximum atomic E-state index is 11.6. The second kappa shape index (κ2) is 10.1. The first-order valence-corrected chi connectivity index (χ1v) is 7.68. The summed E-state index contributed by atoms with van der Waals surface area (Å²) in [5.41, 5.74) is 4.90. The van der Waals surface area contributed by atoms with Crippen LogP contribution >= 0.6 is 24.8 Å². The molecule has 0 aromatic heterocycles. The van der Waals surface area contributed by atoms with Gasteiger partial charge in [-0.2, -0.15) is 0 Å². The molecule has 0 spiro atoms. The number of rotatable bonds is 6. The van der Waals surface area contributed by atoms with Crippen molar-refractivity contribution < 1.29 is 19.9 Å². The molecule has 0 saturated heterocycles. The van der Waals surface area contributed by atoms with Crippen molar-refractivity contribution in [2.45, 2.75) is 63.9 Å². The average Bonchev–Trinajstić information content (AvgIpc) is 2.33. The molecule has 0 unspecified atom stereocenters. The Bertz CT molecular complexity index is 369. The standard InChI is InChI=1S/C14H29BN2O4.2ClH/c1-13(2,3)17-9-11-5-4-10(6-7-15(20)21)8-14(11,16)12(18)19;;/h10-11,17,20-21H,4-9,16H2,1-3H3,(H,18,19);2*1H/t10-,11-,14+;;/m0../s1. The Balaban J connectivity index is 0. The van der Waals surface area contributed by atoms with E-state index >= 15 is 0 Å². The summed E-state index contributed by atoms with van der Waals surface area (Å²) in [6.07, 6.45) is 2.90. The summed E-state index contributed by atoms with van der Waals surface area (Å²) >= 11 is 0. The van der Waals surface area contributed by atoms with Gasteiger partial charge >= 0.3 is 13.1 Å². The molecule has 23 heavy (non-hydrogen) atoms. The van der Waals surface area contributed by atoms with Crippen molar-refractivity contribution in [2.75, 3.05) is 6.54 Å². The van der Waals surface area contributed by atoms with Gasteiger partial charge in [0.15, 0.2) is 0 Å². The van der Waals surface area contributed by atoms with Crippen molar-refractivity contribution in [1.82, 2.24) is 5.32 Å². The second-order valence-electron chi connectivity index (χ2n) is 7.38. The lowest BCUT2D eigenvalue weighted by Crippen LogP contribution is -2.60. The first kappa shape index (κ1) is 25.2. The first-order valence-electron chi connectivity index (χ1n) is 7.68. The lowest BCUT2D eigenvalue weighted by atomic mass is 9.66. The van der Waals surface area contributed by atoms with Crippen LogP contribution in [-0.4, -0.2) is 45.9 Å². The highest BCUT2D eigenvalue weighted by Gasteiger charge is 2.46. The largest absolute Gasteiger partial charge is 0.480 e. The van der Waals surface area contributed by atoms with Crippen LogP contribution in [0.25, 0.3) is 0 Å². The summed E-state index contributed by atoms with van der Waals surface area (Å²) in [5, 5.41) is 30.8. The van der Waals surface area contributed by atoms with Crippen molar-refractivity contribution in [1.29, 1.82) is 0 Å². The fraction of sp³-hybridized carbons (Fsp3) is 0.929. The van der Waals surface area contributed by atoms with Gasteiger partial charge in [-0.15, -0.1) is 24.8 Å². The van der Waals surface area contributed by atoms with Gasteiger partial charge in [0.2, 0.25) is 0 Å². The molecule has 0 amide bonds. The van der Waals surface area contributed by atoms with Gasteiger partial charge in [-0.3, -0.25) is 4.79 Å². The molecule has 0 radical (unpaired) electrons. The van der Waals surface area contributed by atoms with Crippen molar-refractivity contribution in [3.8, 4) is 0 Å². The monoisotopic (exact) mass is 372 g/mol. The van der Waals surface area contributed by atoms with Crippen LogP contribution < -0.4 is 11.1 Å². The van der Waals surface area contributed by atoms with Crippen LogP contribution in [0.15, 0.2) is 0 Å². The van der Waals surface area contributed by atoms with Crippen molar-refractivity contribution in [3.63, 3.8) is 0 Å². The molecule has 6 N–H and O–H groups in total. The summed E-state index contributed by atoms with van der Waals surface area (Å²) in [6, 6.07) is 0. The van der Waals surface area contributed by atoms with E-state index < -0.39 is 18.6 Å². The Morgan fingerprint density at radius 3 is 2.30 bits per heavy atom. The van der Waals surface area contributed by atoms with Crippen molar-refractivity contribution in [2.24, 2.45) is 17.6 Å². The van der Waals surface area contributed by atoms with Crippen LogP contribution in [0.4, 0.5) is 0 Å². The topological polar surface area (TPSA) is 116 Å². The minimum absolute atomic E-state index is 0. The number of aliphatic carboxylic acids is 1. The van der Waals surface area contributed by atoms with Gasteiger partial charge in [-0.05, 0) is 52.3 Å². The lowest BCUT2D eigenvalue weighted by Gasteiger charge is -2.42. The molecule has 0 heterocycles. The third kappa shape index (κ3) is 8.05. The van der Waals surface area contributed by atoms with E-state index in [1.165, 1.54) is 0 Å². The molecular formula is C14H31BCl2N2O4. The van der Waals surface area contributed by atoms with E-state index in [0.29, 0.717) is 19.4 Å². The Morgan fingerprint density at radius 2 is 1.87 bits per heavy atom. The van der Waals surface area contributed by atoms with Crippen molar-refractivity contribution >= 4 is 37.9 Å². The number of carboxylic acids is 1. The third-order valence-corrected chi connectivity index (χ3v) is 4.39. The normalized spacial score (nSPS) is 27.6. The predicted molar refractivity (Wildman–Crippen MR) is 97.3 cm³/mol. The molecule has 6 nitrogen and oxygen atoms in total. The van der Waals surface area contributed by atoms with Gasteiger partial charge < -0.3 is 26.2 Å². The summed E-state index contributed by atoms with van der Waals surface area (Å²) < 4.78 is 0. The molecule has 1 rings (SSSR count). The van der Waals surface area contributed by atoms with E-state index in [9.17, 15) is 9.90 Å². The van der Waals surface area contributed by atoms with Crippen LogP contribution in [-0.2, 0) is 4.79 Å². The molecule has 138 valence electrons. The van der Waals surface area contributed by atoms with Gasteiger partial charge in [0.1, 0.15) is 5.54 Å². The molecular weight excluding hydrogens is 342 g/mol. The maximum absolute atomic E-state index is 11.6. The molecule has 1 saturated carbocycles. The maximum Gasteiger partial charge on any atom is 0.451 e. The van der Waals surface area contributed by atoms with Crippen LogP contribution in [0.3, 0.4) is 0 Å². The zero-order valence-corrected chi connectivity index (χ0v) is 15.8.